The standard InChI is InChI=1S/C22H30.CH4.2H2/c1-3-17-5-9-19(10-6-17)21-13-15-22(16-14-21)20-11-7-18(4-2)8-12-20;;;/h3-4,13-20H,1-2,5-12H2;1H4;2*1H. The van der Waals surface area contributed by atoms with E-state index in [-0.39, 0.29) is 10.3 Å². The third kappa shape index (κ3) is 4.37. The molecular weight excluding hydrogens is 276 g/mol. The third-order valence-corrected chi connectivity index (χ3v) is 6.09. The topological polar surface area (TPSA) is 0 Å². The quantitative estimate of drug-likeness (QED) is 0.499. The first-order valence-electron chi connectivity index (χ1n) is 9.15. The van der Waals surface area contributed by atoms with E-state index in [2.05, 4.69) is 49.6 Å². The van der Waals surface area contributed by atoms with Gasteiger partial charge in [-0.15, -0.1) is 13.2 Å². The van der Waals surface area contributed by atoms with Crippen LogP contribution in [0.4, 0.5) is 0 Å². The van der Waals surface area contributed by atoms with Crippen LogP contribution in [-0.2, 0) is 0 Å². The van der Waals surface area contributed by atoms with Crippen molar-refractivity contribution in [2.75, 3.05) is 0 Å². The fourth-order valence-electron chi connectivity index (χ4n) is 4.42. The molecule has 1 aromatic carbocycles. The molecule has 0 aromatic heterocycles. The van der Waals surface area contributed by atoms with Gasteiger partial charge in [0.15, 0.2) is 0 Å². The molecule has 0 N–H and O–H groups in total. The molecule has 0 radical (unpaired) electrons. The zero-order chi connectivity index (χ0) is 15.4. The van der Waals surface area contributed by atoms with E-state index in [1.54, 1.807) is 11.1 Å². The highest BCUT2D eigenvalue weighted by atomic mass is 14.3. The highest BCUT2D eigenvalue weighted by molar-refractivity contribution is 5.28. The second-order valence-corrected chi connectivity index (χ2v) is 7.36. The average molecular weight is 315 g/mol. The van der Waals surface area contributed by atoms with Crippen molar-refractivity contribution in [3.63, 3.8) is 0 Å². The molecule has 0 heterocycles. The van der Waals surface area contributed by atoms with Crippen molar-refractivity contribution in [2.24, 2.45) is 11.8 Å². The molecule has 0 unspecified atom stereocenters. The van der Waals surface area contributed by atoms with Gasteiger partial charge in [-0.1, -0.05) is 43.8 Å². The second-order valence-electron chi connectivity index (χ2n) is 7.36. The van der Waals surface area contributed by atoms with Crippen LogP contribution in [0.1, 0.15) is 84.6 Å². The van der Waals surface area contributed by atoms with Gasteiger partial charge in [0.25, 0.3) is 0 Å². The van der Waals surface area contributed by atoms with Crippen LogP contribution in [0.5, 0.6) is 0 Å². The molecule has 3 rings (SSSR count). The van der Waals surface area contributed by atoms with E-state index in [1.165, 1.54) is 51.4 Å². The molecule has 0 bridgehead atoms. The highest BCUT2D eigenvalue weighted by Crippen LogP contribution is 2.39. The van der Waals surface area contributed by atoms with E-state index in [0.29, 0.717) is 0 Å². The zero-order valence-electron chi connectivity index (χ0n) is 13.8. The monoisotopic (exact) mass is 314 g/mol. The lowest BCUT2D eigenvalue weighted by atomic mass is 9.76. The van der Waals surface area contributed by atoms with Gasteiger partial charge in [-0.25, -0.2) is 0 Å². The van der Waals surface area contributed by atoms with E-state index >= 15 is 0 Å². The number of hydrogen-bond donors (Lipinski definition) is 0. The molecule has 0 saturated heterocycles. The first kappa shape index (κ1) is 18.0. The molecule has 2 aliphatic rings. The Hall–Kier alpha value is -1.30. The van der Waals surface area contributed by atoms with Gasteiger partial charge in [-0.05, 0) is 86.2 Å². The molecule has 2 fully saturated rings. The SMILES string of the molecule is C.C=CC1CCC(c2ccc(C3CCC(C=C)CC3)cc2)CC1.[HH].[HH]. The van der Waals surface area contributed by atoms with Crippen molar-refractivity contribution in [3.8, 4) is 0 Å². The molecule has 0 spiro atoms. The van der Waals surface area contributed by atoms with E-state index in [9.17, 15) is 0 Å². The van der Waals surface area contributed by atoms with Crippen molar-refractivity contribution in [1.29, 1.82) is 0 Å². The van der Waals surface area contributed by atoms with Gasteiger partial charge in [0, 0.05) is 2.85 Å². The average Bonchev–Trinajstić information content (AvgIpc) is 2.62. The van der Waals surface area contributed by atoms with Gasteiger partial charge in [-0.3, -0.25) is 0 Å². The van der Waals surface area contributed by atoms with Crippen molar-refractivity contribution < 1.29 is 2.85 Å². The second kappa shape index (κ2) is 8.52. The summed E-state index contributed by atoms with van der Waals surface area (Å²) in [5, 5.41) is 0. The Morgan fingerprint density at radius 1 is 0.652 bits per heavy atom. The van der Waals surface area contributed by atoms with Crippen molar-refractivity contribution in [2.45, 2.75) is 70.6 Å². The summed E-state index contributed by atoms with van der Waals surface area (Å²) in [5.41, 5.74) is 3.12. The largest absolute Gasteiger partial charge is 0.103 e. The minimum absolute atomic E-state index is 0. The third-order valence-electron chi connectivity index (χ3n) is 6.09. The predicted molar refractivity (Wildman–Crippen MR) is 107 cm³/mol. The van der Waals surface area contributed by atoms with Crippen molar-refractivity contribution in [1.82, 2.24) is 0 Å². The van der Waals surface area contributed by atoms with Gasteiger partial charge in [-0.2, -0.15) is 0 Å². The Kier molecular flexibility index (Phi) is 6.69. The van der Waals surface area contributed by atoms with Crippen LogP contribution < -0.4 is 0 Å². The minimum atomic E-state index is 0. The van der Waals surface area contributed by atoms with E-state index in [1.807, 2.05) is 0 Å². The molecular formula is C23H38. The van der Waals surface area contributed by atoms with Crippen LogP contribution in [0, 0.1) is 11.8 Å². The van der Waals surface area contributed by atoms with Crippen LogP contribution in [0.15, 0.2) is 49.6 Å². The first-order valence-corrected chi connectivity index (χ1v) is 9.15. The van der Waals surface area contributed by atoms with Gasteiger partial charge in [0.05, 0.1) is 0 Å². The molecule has 0 aliphatic heterocycles. The predicted octanol–water partition coefficient (Wildman–Crippen LogP) is 7.73. The Bertz CT molecular complexity index is 442. The highest BCUT2D eigenvalue weighted by Gasteiger charge is 2.22. The summed E-state index contributed by atoms with van der Waals surface area (Å²) in [6.45, 7) is 7.90. The number of hydrogen-bond acceptors (Lipinski definition) is 0. The van der Waals surface area contributed by atoms with E-state index in [0.717, 1.165) is 23.7 Å². The summed E-state index contributed by atoms with van der Waals surface area (Å²) in [6, 6.07) is 9.64. The van der Waals surface area contributed by atoms with Gasteiger partial charge < -0.3 is 0 Å². The summed E-state index contributed by atoms with van der Waals surface area (Å²) in [5.74, 6) is 3.08. The maximum absolute atomic E-state index is 3.95. The van der Waals surface area contributed by atoms with Gasteiger partial charge in [0.1, 0.15) is 0 Å². The molecule has 23 heavy (non-hydrogen) atoms. The summed E-state index contributed by atoms with van der Waals surface area (Å²) < 4.78 is 0. The van der Waals surface area contributed by atoms with Crippen LogP contribution in [0.3, 0.4) is 0 Å². The normalized spacial score (nSPS) is 31.0. The number of allylic oxidation sites excluding steroid dienone is 2. The summed E-state index contributed by atoms with van der Waals surface area (Å²) in [7, 11) is 0. The molecule has 0 amide bonds. The molecule has 1 aromatic rings. The van der Waals surface area contributed by atoms with E-state index in [4.69, 9.17) is 0 Å². The fourth-order valence-corrected chi connectivity index (χ4v) is 4.42. The lowest BCUT2D eigenvalue weighted by Crippen LogP contribution is -2.13. The Balaban J connectivity index is 0.00000192. The maximum Gasteiger partial charge on any atom is 0 e. The van der Waals surface area contributed by atoms with Crippen molar-refractivity contribution >= 4 is 0 Å². The maximum atomic E-state index is 3.95. The lowest BCUT2D eigenvalue weighted by molar-refractivity contribution is 0.373. The number of benzene rings is 1. The minimum Gasteiger partial charge on any atom is -0.103 e. The summed E-state index contributed by atoms with van der Waals surface area (Å²) >= 11 is 0. The molecule has 0 heteroatoms. The molecule has 0 atom stereocenters. The van der Waals surface area contributed by atoms with Crippen LogP contribution >= 0.6 is 0 Å². The first-order chi connectivity index (χ1) is 10.8. The lowest BCUT2D eigenvalue weighted by Gasteiger charge is -2.29. The Morgan fingerprint density at radius 2 is 0.957 bits per heavy atom. The molecule has 2 saturated carbocycles. The zero-order valence-corrected chi connectivity index (χ0v) is 13.8. The van der Waals surface area contributed by atoms with Crippen molar-refractivity contribution in [3.05, 3.63) is 60.7 Å². The van der Waals surface area contributed by atoms with Crippen LogP contribution in [0.25, 0.3) is 0 Å². The van der Waals surface area contributed by atoms with Gasteiger partial charge in [0.2, 0.25) is 0 Å². The molecule has 2 aliphatic carbocycles. The van der Waals surface area contributed by atoms with Crippen LogP contribution in [0.2, 0.25) is 0 Å². The number of rotatable bonds is 4. The van der Waals surface area contributed by atoms with E-state index < -0.39 is 0 Å². The fraction of sp³-hybridized carbons (Fsp3) is 0.565. The molecule has 130 valence electrons. The van der Waals surface area contributed by atoms with Gasteiger partial charge >= 0.3 is 0 Å². The molecule has 0 nitrogen and oxygen atoms in total. The summed E-state index contributed by atoms with van der Waals surface area (Å²) in [4.78, 5) is 0. The smallest absolute Gasteiger partial charge is 0 e. The Morgan fingerprint density at radius 3 is 1.22 bits per heavy atom. The Labute approximate surface area is 146 Å². The summed E-state index contributed by atoms with van der Waals surface area (Å²) in [6.07, 6.45) is 14.9. The van der Waals surface area contributed by atoms with Crippen LogP contribution in [-0.4, -0.2) is 0 Å².